The zero-order valence-corrected chi connectivity index (χ0v) is 15.1. The van der Waals surface area contributed by atoms with Crippen LogP contribution in [0.3, 0.4) is 0 Å². The minimum atomic E-state index is -0.0742. The van der Waals surface area contributed by atoms with E-state index in [4.69, 9.17) is 10.2 Å². The van der Waals surface area contributed by atoms with E-state index >= 15 is 0 Å². The van der Waals surface area contributed by atoms with Crippen LogP contribution in [0.4, 0.5) is 11.5 Å². The van der Waals surface area contributed by atoms with Crippen molar-refractivity contribution in [2.45, 2.75) is 32.6 Å². The van der Waals surface area contributed by atoms with Crippen molar-refractivity contribution in [3.05, 3.63) is 53.0 Å². The van der Waals surface area contributed by atoms with Gasteiger partial charge >= 0.3 is 0 Å². The number of nitrogen functional groups attached to an aromatic ring is 1. The number of aromatic amines is 1. The van der Waals surface area contributed by atoms with Crippen molar-refractivity contribution < 1.29 is 4.42 Å². The third-order valence-electron chi connectivity index (χ3n) is 4.85. The van der Waals surface area contributed by atoms with Gasteiger partial charge in [-0.15, -0.1) is 10.2 Å². The summed E-state index contributed by atoms with van der Waals surface area (Å²) in [6.45, 7) is 3.95. The third kappa shape index (κ3) is 2.58. The fourth-order valence-electron chi connectivity index (χ4n) is 3.57. The van der Waals surface area contributed by atoms with Crippen molar-refractivity contribution in [1.29, 1.82) is 0 Å². The minimum Gasteiger partial charge on any atom is -0.421 e. The average Bonchev–Trinajstić information content (AvgIpc) is 3.25. The maximum absolute atomic E-state index is 6.20. The van der Waals surface area contributed by atoms with Gasteiger partial charge in [-0.3, -0.25) is 5.10 Å². The number of aryl methyl sites for hydroxylation is 1. The SMILES string of the molecule is Bc1c(N)cccc1C1C(c2nnc(C)o2)=C(CCC)Nc2n[nH]cc21. The standard InChI is InChI=1S/C18H21BN6O/c1-3-5-13-15(18-25-23-9(2)26-18)14(11-8-21-24-17(11)22-13)10-6-4-7-12(20)16(10)19/h4,6-8,14H,3,5,19-20H2,1-2H3,(H2,21,22,24). The molecule has 0 fully saturated rings. The molecule has 0 amide bonds. The average molecular weight is 348 g/mol. The molecule has 8 heteroatoms. The Morgan fingerprint density at radius 3 is 2.85 bits per heavy atom. The van der Waals surface area contributed by atoms with Gasteiger partial charge in [0.2, 0.25) is 11.8 Å². The van der Waals surface area contributed by atoms with Crippen molar-refractivity contribution >= 4 is 30.4 Å². The predicted molar refractivity (Wildman–Crippen MR) is 104 cm³/mol. The largest absolute Gasteiger partial charge is 0.421 e. The number of rotatable bonds is 4. The van der Waals surface area contributed by atoms with Crippen molar-refractivity contribution in [2.24, 2.45) is 0 Å². The van der Waals surface area contributed by atoms with Crippen LogP contribution in [0.25, 0.3) is 5.57 Å². The summed E-state index contributed by atoms with van der Waals surface area (Å²) in [4.78, 5) is 0. The summed E-state index contributed by atoms with van der Waals surface area (Å²) in [6, 6.07) is 6.00. The van der Waals surface area contributed by atoms with Crippen LogP contribution in [0, 0.1) is 6.92 Å². The van der Waals surface area contributed by atoms with Gasteiger partial charge in [0.1, 0.15) is 7.85 Å². The summed E-state index contributed by atoms with van der Waals surface area (Å²) < 4.78 is 5.83. The van der Waals surface area contributed by atoms with Crippen LogP contribution in [-0.4, -0.2) is 28.2 Å². The number of nitrogens with two attached hydrogens (primary N) is 1. The first-order valence-electron chi connectivity index (χ1n) is 8.79. The fraction of sp³-hybridized carbons (Fsp3) is 0.278. The molecule has 4 N–H and O–H groups in total. The van der Waals surface area contributed by atoms with E-state index in [9.17, 15) is 0 Å². The van der Waals surface area contributed by atoms with Gasteiger partial charge in [-0.1, -0.05) is 30.9 Å². The van der Waals surface area contributed by atoms with E-state index in [1.54, 1.807) is 6.92 Å². The minimum absolute atomic E-state index is 0.0742. The van der Waals surface area contributed by atoms with Crippen molar-refractivity contribution in [1.82, 2.24) is 20.4 Å². The third-order valence-corrected chi connectivity index (χ3v) is 4.85. The molecule has 3 aromatic rings. The number of allylic oxidation sites excluding steroid dienone is 2. The van der Waals surface area contributed by atoms with Gasteiger partial charge in [0.15, 0.2) is 5.82 Å². The zero-order valence-electron chi connectivity index (χ0n) is 15.1. The molecule has 26 heavy (non-hydrogen) atoms. The van der Waals surface area contributed by atoms with Crippen LogP contribution in [0.5, 0.6) is 0 Å². The lowest BCUT2D eigenvalue weighted by Crippen LogP contribution is -2.24. The zero-order chi connectivity index (χ0) is 18.3. The summed E-state index contributed by atoms with van der Waals surface area (Å²) in [7, 11) is 2.04. The number of hydrogen-bond donors (Lipinski definition) is 3. The Morgan fingerprint density at radius 1 is 1.27 bits per heavy atom. The highest BCUT2D eigenvalue weighted by atomic mass is 16.4. The van der Waals surface area contributed by atoms with E-state index in [0.717, 1.165) is 52.2 Å². The van der Waals surface area contributed by atoms with Gasteiger partial charge in [0.25, 0.3) is 0 Å². The van der Waals surface area contributed by atoms with Crippen LogP contribution in [-0.2, 0) is 0 Å². The molecule has 132 valence electrons. The van der Waals surface area contributed by atoms with Crippen LogP contribution < -0.4 is 16.5 Å². The summed E-state index contributed by atoms with van der Waals surface area (Å²) in [5.74, 6) is 1.84. The van der Waals surface area contributed by atoms with Gasteiger partial charge in [0, 0.05) is 41.6 Å². The molecule has 0 saturated heterocycles. The van der Waals surface area contributed by atoms with Crippen molar-refractivity contribution in [2.75, 3.05) is 11.1 Å². The molecule has 4 rings (SSSR count). The Bertz CT molecular complexity index is 989. The normalized spacial score (nSPS) is 16.5. The molecule has 0 saturated carbocycles. The summed E-state index contributed by atoms with van der Waals surface area (Å²) in [5.41, 5.74) is 12.2. The number of fused-ring (bicyclic) bond motifs is 1. The molecule has 1 aliphatic heterocycles. The Kier molecular flexibility index (Phi) is 4.03. The molecular weight excluding hydrogens is 327 g/mol. The van der Waals surface area contributed by atoms with Gasteiger partial charge < -0.3 is 15.5 Å². The van der Waals surface area contributed by atoms with Crippen LogP contribution in [0.2, 0.25) is 0 Å². The van der Waals surface area contributed by atoms with Gasteiger partial charge in [-0.25, -0.2) is 0 Å². The lowest BCUT2D eigenvalue weighted by Gasteiger charge is -2.29. The highest BCUT2D eigenvalue weighted by Crippen LogP contribution is 2.45. The number of nitrogens with one attached hydrogen (secondary N) is 2. The van der Waals surface area contributed by atoms with Crippen LogP contribution in [0.15, 0.2) is 34.5 Å². The van der Waals surface area contributed by atoms with Gasteiger partial charge in [-0.2, -0.15) is 5.10 Å². The smallest absolute Gasteiger partial charge is 0.246 e. The number of H-pyrrole nitrogens is 1. The summed E-state index contributed by atoms with van der Waals surface area (Å²) in [6.07, 6.45) is 3.77. The Balaban J connectivity index is 1.99. The second kappa shape index (κ2) is 6.36. The molecule has 1 atom stereocenters. The Labute approximate surface area is 152 Å². The Morgan fingerprint density at radius 2 is 2.12 bits per heavy atom. The second-order valence-corrected chi connectivity index (χ2v) is 6.58. The maximum Gasteiger partial charge on any atom is 0.246 e. The molecule has 0 aliphatic carbocycles. The molecule has 3 heterocycles. The van der Waals surface area contributed by atoms with E-state index in [2.05, 4.69) is 38.7 Å². The van der Waals surface area contributed by atoms with Crippen molar-refractivity contribution in [3.63, 3.8) is 0 Å². The second-order valence-electron chi connectivity index (χ2n) is 6.58. The molecule has 1 unspecified atom stereocenters. The highest BCUT2D eigenvalue weighted by Gasteiger charge is 2.35. The Hall–Kier alpha value is -3.03. The molecule has 0 bridgehead atoms. The molecule has 1 aromatic carbocycles. The van der Waals surface area contributed by atoms with Gasteiger partial charge in [-0.05, 0) is 18.1 Å². The molecular formula is C18H21BN6O. The topological polar surface area (TPSA) is 106 Å². The molecule has 0 radical (unpaired) electrons. The molecule has 1 aliphatic rings. The number of nitrogens with zero attached hydrogens (tertiary/aromatic N) is 3. The van der Waals surface area contributed by atoms with Gasteiger partial charge in [0.05, 0.1) is 0 Å². The van der Waals surface area contributed by atoms with E-state index in [1.165, 1.54) is 0 Å². The van der Waals surface area contributed by atoms with E-state index in [1.807, 2.05) is 26.2 Å². The predicted octanol–water partition coefficient (Wildman–Crippen LogP) is 1.71. The maximum atomic E-state index is 6.20. The highest BCUT2D eigenvalue weighted by molar-refractivity contribution is 6.37. The van der Waals surface area contributed by atoms with Crippen LogP contribution >= 0.6 is 0 Å². The fourth-order valence-corrected chi connectivity index (χ4v) is 3.57. The monoisotopic (exact) mass is 348 g/mol. The lowest BCUT2D eigenvalue weighted by molar-refractivity contribution is 0.502. The summed E-state index contributed by atoms with van der Waals surface area (Å²) in [5, 5.41) is 19.2. The van der Waals surface area contributed by atoms with E-state index in [0.29, 0.717) is 11.8 Å². The van der Waals surface area contributed by atoms with E-state index < -0.39 is 0 Å². The molecule has 7 nitrogen and oxygen atoms in total. The van der Waals surface area contributed by atoms with Crippen molar-refractivity contribution in [3.8, 4) is 0 Å². The summed E-state index contributed by atoms with van der Waals surface area (Å²) >= 11 is 0. The lowest BCUT2D eigenvalue weighted by atomic mass is 9.75. The van der Waals surface area contributed by atoms with Crippen LogP contribution in [0.1, 0.15) is 48.6 Å². The first kappa shape index (κ1) is 16.4. The first-order chi connectivity index (χ1) is 12.6. The quantitative estimate of drug-likeness (QED) is 0.490. The number of hydrogen-bond acceptors (Lipinski definition) is 6. The number of aromatic nitrogens is 4. The molecule has 0 spiro atoms. The number of anilines is 2. The molecule has 2 aromatic heterocycles. The number of benzene rings is 1. The first-order valence-corrected chi connectivity index (χ1v) is 8.79. The van der Waals surface area contributed by atoms with E-state index in [-0.39, 0.29) is 5.92 Å².